The Labute approximate surface area is 134 Å². The molecule has 21 heavy (non-hydrogen) atoms. The molecule has 1 aliphatic rings. The second kappa shape index (κ2) is 8.77. The van der Waals surface area contributed by atoms with Crippen LogP contribution in [0.25, 0.3) is 0 Å². The van der Waals surface area contributed by atoms with Gasteiger partial charge in [0.1, 0.15) is 0 Å². The van der Waals surface area contributed by atoms with Gasteiger partial charge in [0.15, 0.2) is 0 Å². The molecule has 2 nitrogen and oxygen atoms in total. The molecule has 3 heteroatoms. The number of nitrogens with one attached hydrogen (secondary N) is 1. The Morgan fingerprint density at radius 3 is 2.48 bits per heavy atom. The number of nitrogens with zero attached hydrogens (tertiary/aromatic N) is 1. The van der Waals surface area contributed by atoms with E-state index in [1.165, 1.54) is 50.9 Å². The summed E-state index contributed by atoms with van der Waals surface area (Å²) in [5, 5.41) is 4.58. The fraction of sp³-hybridized carbons (Fsp3) is 0.667. The first kappa shape index (κ1) is 16.8. The van der Waals surface area contributed by atoms with Crippen LogP contribution < -0.4 is 5.32 Å². The normalized spacial score (nSPS) is 18.8. The van der Waals surface area contributed by atoms with Crippen LogP contribution in [0, 0.1) is 5.92 Å². The zero-order valence-electron chi connectivity index (χ0n) is 13.4. The molecule has 0 aliphatic carbocycles. The molecule has 1 heterocycles. The van der Waals surface area contributed by atoms with Gasteiger partial charge in [0.2, 0.25) is 0 Å². The fourth-order valence-corrected chi connectivity index (χ4v) is 3.31. The first-order valence-electron chi connectivity index (χ1n) is 8.40. The van der Waals surface area contributed by atoms with Gasteiger partial charge in [-0.05, 0) is 62.5 Å². The summed E-state index contributed by atoms with van der Waals surface area (Å²) in [6, 6.07) is 8.75. The number of benzene rings is 1. The van der Waals surface area contributed by atoms with Gasteiger partial charge in [-0.15, -0.1) is 0 Å². The molecule has 1 fully saturated rings. The number of hydrogen-bond donors (Lipinski definition) is 1. The molecule has 2 rings (SSSR count). The Hall–Kier alpha value is -0.570. The lowest BCUT2D eigenvalue weighted by atomic mass is 10.0. The first-order chi connectivity index (χ1) is 10.2. The Bertz CT molecular complexity index is 398. The molecule has 118 valence electrons. The maximum Gasteiger partial charge on any atom is 0.0406 e. The lowest BCUT2D eigenvalue weighted by molar-refractivity contribution is 0.276. The molecule has 0 aromatic heterocycles. The number of rotatable bonds is 8. The highest BCUT2D eigenvalue weighted by Gasteiger charge is 2.16. The van der Waals surface area contributed by atoms with Crippen LogP contribution in [-0.4, -0.2) is 31.1 Å². The van der Waals surface area contributed by atoms with E-state index in [-0.39, 0.29) is 0 Å². The van der Waals surface area contributed by atoms with Crippen molar-refractivity contribution in [2.24, 2.45) is 5.92 Å². The third-order valence-electron chi connectivity index (χ3n) is 4.33. The SMILES string of the molecule is CCCC(NCC(C)CN1CCCC1)c1ccc(Cl)cc1. The van der Waals surface area contributed by atoms with E-state index in [9.17, 15) is 0 Å². The van der Waals surface area contributed by atoms with Crippen molar-refractivity contribution < 1.29 is 0 Å². The third kappa shape index (κ3) is 5.61. The summed E-state index contributed by atoms with van der Waals surface area (Å²) in [5.41, 5.74) is 1.36. The maximum absolute atomic E-state index is 5.99. The van der Waals surface area contributed by atoms with Crippen molar-refractivity contribution in [2.45, 2.75) is 45.6 Å². The van der Waals surface area contributed by atoms with Crippen LogP contribution in [0.2, 0.25) is 5.02 Å². The molecule has 1 aromatic carbocycles. The van der Waals surface area contributed by atoms with E-state index in [2.05, 4.69) is 36.2 Å². The average molecular weight is 309 g/mol. The van der Waals surface area contributed by atoms with Gasteiger partial charge in [0, 0.05) is 17.6 Å². The molecule has 0 amide bonds. The summed E-state index contributed by atoms with van der Waals surface area (Å²) in [6.07, 6.45) is 5.13. The Balaban J connectivity index is 1.82. The van der Waals surface area contributed by atoms with Gasteiger partial charge in [-0.2, -0.15) is 0 Å². The van der Waals surface area contributed by atoms with Crippen LogP contribution in [-0.2, 0) is 0 Å². The summed E-state index contributed by atoms with van der Waals surface area (Å²) in [6.45, 7) is 9.50. The van der Waals surface area contributed by atoms with Gasteiger partial charge < -0.3 is 10.2 Å². The molecule has 2 atom stereocenters. The predicted molar refractivity (Wildman–Crippen MR) is 91.9 cm³/mol. The summed E-state index contributed by atoms with van der Waals surface area (Å²) >= 11 is 5.99. The molecule has 2 unspecified atom stereocenters. The van der Waals surface area contributed by atoms with Crippen molar-refractivity contribution in [1.29, 1.82) is 0 Å². The van der Waals surface area contributed by atoms with Crippen molar-refractivity contribution in [3.8, 4) is 0 Å². The summed E-state index contributed by atoms with van der Waals surface area (Å²) in [5.74, 6) is 0.703. The van der Waals surface area contributed by atoms with E-state index in [1.54, 1.807) is 0 Å². The molecule has 1 saturated heterocycles. The molecular weight excluding hydrogens is 280 g/mol. The van der Waals surface area contributed by atoms with E-state index in [0.717, 1.165) is 11.6 Å². The minimum absolute atomic E-state index is 0.452. The molecular formula is C18H29ClN2. The highest BCUT2D eigenvalue weighted by Crippen LogP contribution is 2.21. The smallest absolute Gasteiger partial charge is 0.0406 e. The van der Waals surface area contributed by atoms with Crippen molar-refractivity contribution in [3.05, 3.63) is 34.9 Å². The Kier molecular flexibility index (Phi) is 7.01. The van der Waals surface area contributed by atoms with Gasteiger partial charge in [0.25, 0.3) is 0 Å². The number of hydrogen-bond acceptors (Lipinski definition) is 2. The quantitative estimate of drug-likeness (QED) is 0.760. The van der Waals surface area contributed by atoms with E-state index in [0.29, 0.717) is 12.0 Å². The van der Waals surface area contributed by atoms with E-state index >= 15 is 0 Å². The summed E-state index contributed by atoms with van der Waals surface area (Å²) < 4.78 is 0. The molecule has 1 aliphatic heterocycles. The van der Waals surface area contributed by atoms with Crippen molar-refractivity contribution >= 4 is 11.6 Å². The van der Waals surface area contributed by atoms with Gasteiger partial charge in [-0.1, -0.05) is 44.0 Å². The van der Waals surface area contributed by atoms with Crippen LogP contribution >= 0.6 is 11.6 Å². The molecule has 1 N–H and O–H groups in total. The molecule has 0 saturated carbocycles. The monoisotopic (exact) mass is 308 g/mol. The van der Waals surface area contributed by atoms with Crippen LogP contribution in [0.15, 0.2) is 24.3 Å². The largest absolute Gasteiger partial charge is 0.310 e. The van der Waals surface area contributed by atoms with Gasteiger partial charge in [-0.3, -0.25) is 0 Å². The second-order valence-electron chi connectivity index (χ2n) is 6.41. The van der Waals surface area contributed by atoms with Crippen LogP contribution in [0.3, 0.4) is 0 Å². The Morgan fingerprint density at radius 1 is 1.19 bits per heavy atom. The second-order valence-corrected chi connectivity index (χ2v) is 6.85. The zero-order chi connectivity index (χ0) is 15.1. The predicted octanol–water partition coefficient (Wildman–Crippen LogP) is 4.50. The van der Waals surface area contributed by atoms with E-state index in [4.69, 9.17) is 11.6 Å². The van der Waals surface area contributed by atoms with Crippen LogP contribution in [0.1, 0.15) is 51.1 Å². The van der Waals surface area contributed by atoms with Crippen molar-refractivity contribution in [3.63, 3.8) is 0 Å². The topological polar surface area (TPSA) is 15.3 Å². The lowest BCUT2D eigenvalue weighted by Crippen LogP contribution is -2.33. The molecule has 0 bridgehead atoms. The average Bonchev–Trinajstić information content (AvgIpc) is 2.97. The standard InChI is InChI=1S/C18H29ClN2/c1-3-6-18(16-7-9-17(19)10-8-16)20-13-15(2)14-21-11-4-5-12-21/h7-10,15,18,20H,3-6,11-14H2,1-2H3. The molecule has 1 aromatic rings. The third-order valence-corrected chi connectivity index (χ3v) is 4.58. The minimum atomic E-state index is 0.452. The zero-order valence-corrected chi connectivity index (χ0v) is 14.2. The van der Waals surface area contributed by atoms with Crippen LogP contribution in [0.5, 0.6) is 0 Å². The van der Waals surface area contributed by atoms with Gasteiger partial charge in [-0.25, -0.2) is 0 Å². The highest BCUT2D eigenvalue weighted by molar-refractivity contribution is 6.30. The summed E-state index contributed by atoms with van der Waals surface area (Å²) in [4.78, 5) is 2.60. The molecule has 0 spiro atoms. The van der Waals surface area contributed by atoms with Crippen molar-refractivity contribution in [2.75, 3.05) is 26.2 Å². The van der Waals surface area contributed by atoms with Gasteiger partial charge >= 0.3 is 0 Å². The number of halogens is 1. The Morgan fingerprint density at radius 2 is 1.86 bits per heavy atom. The van der Waals surface area contributed by atoms with E-state index in [1.807, 2.05) is 12.1 Å². The fourth-order valence-electron chi connectivity index (χ4n) is 3.18. The molecule has 0 radical (unpaired) electrons. The highest BCUT2D eigenvalue weighted by atomic mass is 35.5. The van der Waals surface area contributed by atoms with Crippen LogP contribution in [0.4, 0.5) is 0 Å². The van der Waals surface area contributed by atoms with Crippen molar-refractivity contribution in [1.82, 2.24) is 10.2 Å². The summed E-state index contributed by atoms with van der Waals surface area (Å²) in [7, 11) is 0. The lowest BCUT2D eigenvalue weighted by Gasteiger charge is -2.24. The minimum Gasteiger partial charge on any atom is -0.310 e. The van der Waals surface area contributed by atoms with E-state index < -0.39 is 0 Å². The maximum atomic E-state index is 5.99. The van der Waals surface area contributed by atoms with Gasteiger partial charge in [0.05, 0.1) is 0 Å². The number of likely N-dealkylation sites (tertiary alicyclic amines) is 1. The first-order valence-corrected chi connectivity index (χ1v) is 8.78.